The van der Waals surface area contributed by atoms with Crippen LogP contribution in [0.25, 0.3) is 11.3 Å². The van der Waals surface area contributed by atoms with Crippen LogP contribution in [0.1, 0.15) is 88.8 Å². The van der Waals surface area contributed by atoms with Crippen LogP contribution >= 0.6 is 0 Å². The summed E-state index contributed by atoms with van der Waals surface area (Å²) in [4.78, 5) is 26.4. The second-order valence-corrected chi connectivity index (χ2v) is 15.5. The van der Waals surface area contributed by atoms with E-state index in [0.29, 0.717) is 43.5 Å². The highest BCUT2D eigenvalue weighted by molar-refractivity contribution is 5.89. The summed E-state index contributed by atoms with van der Waals surface area (Å²) in [5, 5.41) is 26.9. The third-order valence-corrected chi connectivity index (χ3v) is 10.1. The molecule has 0 unspecified atom stereocenters. The molecular formula is C41H52FN9O5. The van der Waals surface area contributed by atoms with Gasteiger partial charge in [-0.25, -0.2) is 13.9 Å². The van der Waals surface area contributed by atoms with Crippen LogP contribution in [0.15, 0.2) is 66.9 Å². The van der Waals surface area contributed by atoms with E-state index >= 15 is 0 Å². The second kappa shape index (κ2) is 17.4. The minimum Gasteiger partial charge on any atom is -0.489 e. The first-order valence-electron chi connectivity index (χ1n) is 19.1. The Morgan fingerprint density at radius 3 is 2.54 bits per heavy atom. The molecule has 3 N–H and O–H groups in total. The van der Waals surface area contributed by atoms with E-state index in [-0.39, 0.29) is 35.8 Å². The van der Waals surface area contributed by atoms with Gasteiger partial charge in [-0.3, -0.25) is 14.5 Å². The first kappa shape index (κ1) is 40.0. The van der Waals surface area contributed by atoms with Crippen LogP contribution in [-0.4, -0.2) is 86.7 Å². The molecule has 0 saturated carbocycles. The molecule has 0 radical (unpaired) electrons. The van der Waals surface area contributed by atoms with Crippen molar-refractivity contribution in [1.29, 1.82) is 0 Å². The Bertz CT molecular complexity index is 2130. The number of nitrogens with one attached hydrogen (secondary N) is 2. The molecule has 1 aliphatic carbocycles. The lowest BCUT2D eigenvalue weighted by Gasteiger charge is -2.33. The van der Waals surface area contributed by atoms with E-state index in [1.165, 1.54) is 12.5 Å². The number of nitrogens with zero attached hydrogens (tertiary/aromatic N) is 7. The van der Waals surface area contributed by atoms with E-state index in [2.05, 4.69) is 59.5 Å². The molecule has 1 fully saturated rings. The first-order chi connectivity index (χ1) is 26.9. The van der Waals surface area contributed by atoms with E-state index in [0.717, 1.165) is 53.6 Å². The number of hydrogen-bond acceptors (Lipinski definition) is 9. The van der Waals surface area contributed by atoms with Gasteiger partial charge in [0.2, 0.25) is 5.95 Å². The number of ether oxygens (including phenoxy) is 2. The van der Waals surface area contributed by atoms with Crippen molar-refractivity contribution >= 4 is 29.9 Å². The number of likely N-dealkylation sites (N-methyl/N-ethyl adjacent to an activating group) is 1. The third kappa shape index (κ3) is 9.21. The topological polar surface area (TPSA) is 151 Å². The van der Waals surface area contributed by atoms with E-state index in [4.69, 9.17) is 24.5 Å². The van der Waals surface area contributed by atoms with Crippen LogP contribution < -0.4 is 25.0 Å². The monoisotopic (exact) mass is 769 g/mol. The van der Waals surface area contributed by atoms with Gasteiger partial charge >= 0.3 is 6.03 Å². The van der Waals surface area contributed by atoms with Crippen LogP contribution in [0.2, 0.25) is 0 Å². The standard InChI is InChI=1S/C40H50FN9O3.CH2O2/c1-26-11-9-10-20-48(26)39-45-44-36-19-15-28(25-49(36)39)53-33-18-17-32(29-12-7-8-13-30(29)33)42-38(51)43-37-24-35(40(2,3)4)46-50(37)27-14-16-31(41)34(23-27)52-22-21-47(5)6;2-1-3/h7-8,12-16,19,23-26,32-33H,9-11,17-18,20-22H2,1-6H3,(H2,42,43,51);1H,(H,2,3)/t26-,32-,33+;/m0./s1. The summed E-state index contributed by atoms with van der Waals surface area (Å²) in [6, 6.07) is 18.3. The smallest absolute Gasteiger partial charge is 0.320 e. The summed E-state index contributed by atoms with van der Waals surface area (Å²) in [6.45, 7) is 10.1. The lowest BCUT2D eigenvalue weighted by atomic mass is 9.85. The molecule has 3 aromatic heterocycles. The third-order valence-electron chi connectivity index (χ3n) is 10.1. The lowest BCUT2D eigenvalue weighted by molar-refractivity contribution is -0.122. The number of fused-ring (bicyclic) bond motifs is 2. The van der Waals surface area contributed by atoms with Crippen LogP contribution in [-0.2, 0) is 10.2 Å². The number of piperidine rings is 1. The van der Waals surface area contributed by atoms with Crippen LogP contribution in [0.4, 0.5) is 21.0 Å². The van der Waals surface area contributed by atoms with Crippen molar-refractivity contribution in [3.63, 3.8) is 0 Å². The SMILES string of the molecule is C[C@H]1CCCCN1c1nnc2ccc(O[C@@H]3CC[C@H](NC(=O)Nc4cc(C(C)(C)C)nn4-c4ccc(F)c(OCCN(C)C)c4)c4ccccc43)cn12.O=CO. The van der Waals surface area contributed by atoms with Gasteiger partial charge in [-0.15, -0.1) is 10.2 Å². The first-order valence-corrected chi connectivity index (χ1v) is 19.1. The zero-order valence-corrected chi connectivity index (χ0v) is 32.9. The van der Waals surface area contributed by atoms with E-state index < -0.39 is 5.82 Å². The summed E-state index contributed by atoms with van der Waals surface area (Å²) in [6.07, 6.45) is 6.69. The number of benzene rings is 2. The molecule has 3 atom stereocenters. The Morgan fingerprint density at radius 1 is 1.04 bits per heavy atom. The Balaban J connectivity index is 0.00000172. The molecule has 0 bridgehead atoms. The Hall–Kier alpha value is -5.70. The van der Waals surface area contributed by atoms with Crippen molar-refractivity contribution in [2.75, 3.05) is 44.0 Å². The number of hydrogen-bond donors (Lipinski definition) is 3. The van der Waals surface area contributed by atoms with Gasteiger partial charge < -0.3 is 29.7 Å². The molecule has 1 saturated heterocycles. The van der Waals surface area contributed by atoms with Gasteiger partial charge in [0, 0.05) is 36.7 Å². The quantitative estimate of drug-likeness (QED) is 0.125. The van der Waals surface area contributed by atoms with Crippen molar-refractivity contribution in [2.45, 2.75) is 83.4 Å². The fourth-order valence-electron chi connectivity index (χ4n) is 7.12. The van der Waals surface area contributed by atoms with Gasteiger partial charge in [0.1, 0.15) is 24.3 Å². The summed E-state index contributed by atoms with van der Waals surface area (Å²) in [5.41, 5.74) is 3.88. The second-order valence-electron chi connectivity index (χ2n) is 15.5. The van der Waals surface area contributed by atoms with Gasteiger partial charge in [-0.1, -0.05) is 45.0 Å². The average molecular weight is 770 g/mol. The maximum Gasteiger partial charge on any atom is 0.320 e. The molecule has 5 aromatic rings. The number of carbonyl (C=O) groups excluding carboxylic acids is 1. The average Bonchev–Trinajstić information content (AvgIpc) is 3.78. The summed E-state index contributed by atoms with van der Waals surface area (Å²) < 4.78 is 30.8. The van der Waals surface area contributed by atoms with Crippen molar-refractivity contribution in [1.82, 2.24) is 34.6 Å². The van der Waals surface area contributed by atoms with Gasteiger partial charge in [0.05, 0.1) is 23.6 Å². The highest BCUT2D eigenvalue weighted by Crippen LogP contribution is 2.39. The molecule has 15 heteroatoms. The molecule has 2 aromatic carbocycles. The molecule has 4 heterocycles. The normalized spacial score (nSPS) is 18.1. The molecule has 2 amide bonds. The van der Waals surface area contributed by atoms with Gasteiger partial charge in [-0.05, 0) is 88.5 Å². The minimum atomic E-state index is -0.461. The van der Waals surface area contributed by atoms with Crippen LogP contribution in [0.3, 0.4) is 0 Å². The largest absolute Gasteiger partial charge is 0.489 e. The van der Waals surface area contributed by atoms with Crippen molar-refractivity contribution in [3.05, 3.63) is 89.5 Å². The zero-order valence-electron chi connectivity index (χ0n) is 32.9. The molecular weight excluding hydrogens is 718 g/mol. The summed E-state index contributed by atoms with van der Waals surface area (Å²) in [5.74, 6) is 1.72. The number of carboxylic acid groups (broad SMARTS) is 1. The number of aromatic nitrogens is 5. The van der Waals surface area contributed by atoms with Gasteiger partial charge in [0.15, 0.2) is 17.2 Å². The number of amides is 2. The Labute approximate surface area is 326 Å². The minimum absolute atomic E-state index is 0.127. The number of carbonyl (C=O) groups is 2. The molecule has 1 aliphatic heterocycles. The van der Waals surface area contributed by atoms with E-state index in [1.54, 1.807) is 16.8 Å². The van der Waals surface area contributed by atoms with Crippen molar-refractivity contribution < 1.29 is 28.6 Å². The number of rotatable bonds is 10. The molecule has 298 valence electrons. The molecule has 2 aliphatic rings. The maximum absolute atomic E-state index is 14.7. The van der Waals surface area contributed by atoms with Crippen LogP contribution in [0, 0.1) is 5.82 Å². The Morgan fingerprint density at radius 2 is 1.80 bits per heavy atom. The van der Waals surface area contributed by atoms with Crippen molar-refractivity contribution in [2.24, 2.45) is 0 Å². The number of urea groups is 1. The highest BCUT2D eigenvalue weighted by atomic mass is 19.1. The maximum atomic E-state index is 14.7. The van der Waals surface area contributed by atoms with Crippen molar-refractivity contribution in [3.8, 4) is 17.2 Å². The molecule has 56 heavy (non-hydrogen) atoms. The predicted octanol–water partition coefficient (Wildman–Crippen LogP) is 7.15. The molecule has 14 nitrogen and oxygen atoms in total. The fourth-order valence-corrected chi connectivity index (χ4v) is 7.12. The highest BCUT2D eigenvalue weighted by Gasteiger charge is 2.31. The lowest BCUT2D eigenvalue weighted by Crippen LogP contribution is -2.38. The number of anilines is 2. The zero-order chi connectivity index (χ0) is 40.0. The summed E-state index contributed by atoms with van der Waals surface area (Å²) in [7, 11) is 3.86. The van der Waals surface area contributed by atoms with Gasteiger partial charge in [0.25, 0.3) is 6.47 Å². The summed E-state index contributed by atoms with van der Waals surface area (Å²) >= 11 is 0. The number of halogens is 1. The fraction of sp³-hybridized carbons (Fsp3) is 0.439. The van der Waals surface area contributed by atoms with Crippen LogP contribution in [0.5, 0.6) is 11.5 Å². The Kier molecular flexibility index (Phi) is 12.4. The predicted molar refractivity (Wildman–Crippen MR) is 213 cm³/mol. The molecule has 7 rings (SSSR count). The van der Waals surface area contributed by atoms with E-state index in [1.807, 2.05) is 66.0 Å². The van der Waals surface area contributed by atoms with Gasteiger partial charge in [-0.2, -0.15) is 5.10 Å². The van der Waals surface area contributed by atoms with E-state index in [9.17, 15) is 9.18 Å². The number of pyridine rings is 1. The molecule has 0 spiro atoms.